The Hall–Kier alpha value is -2.31. The lowest BCUT2D eigenvalue weighted by Crippen LogP contribution is -1.90. The number of nitrogens with zero attached hydrogens (tertiary/aromatic N) is 2. The molecular formula is C14H9ClN2O. The minimum atomic E-state index is -0.104. The molecule has 0 aliphatic rings. The number of aromatic nitrogens is 1. The van der Waals surface area contributed by atoms with Crippen LogP contribution in [0.5, 0.6) is 0 Å². The fourth-order valence-electron chi connectivity index (χ4n) is 1.55. The molecule has 18 heavy (non-hydrogen) atoms. The van der Waals surface area contributed by atoms with Crippen molar-refractivity contribution < 1.29 is 5.11 Å². The summed E-state index contributed by atoms with van der Waals surface area (Å²) in [6.07, 6.45) is 3.10. The highest BCUT2D eigenvalue weighted by Gasteiger charge is 2.10. The topological polar surface area (TPSA) is 56.9 Å². The van der Waals surface area contributed by atoms with Crippen molar-refractivity contribution in [2.45, 2.75) is 0 Å². The molecule has 1 N–H and O–H groups in total. The molecule has 0 bridgehead atoms. The van der Waals surface area contributed by atoms with Gasteiger partial charge in [-0.1, -0.05) is 23.7 Å². The number of pyridine rings is 1. The summed E-state index contributed by atoms with van der Waals surface area (Å²) >= 11 is 5.87. The van der Waals surface area contributed by atoms with Crippen LogP contribution < -0.4 is 0 Å². The Bertz CT molecular complexity index is 630. The molecule has 88 valence electrons. The van der Waals surface area contributed by atoms with Crippen LogP contribution in [0.1, 0.15) is 11.1 Å². The summed E-state index contributed by atoms with van der Waals surface area (Å²) < 4.78 is 0. The van der Waals surface area contributed by atoms with Gasteiger partial charge in [-0.25, -0.2) is 0 Å². The number of halogens is 1. The monoisotopic (exact) mass is 256 g/mol. The molecule has 0 unspecified atom stereocenters. The zero-order valence-corrected chi connectivity index (χ0v) is 10.1. The van der Waals surface area contributed by atoms with Gasteiger partial charge in [-0.05, 0) is 29.8 Å². The zero-order valence-electron chi connectivity index (χ0n) is 9.34. The Morgan fingerprint density at radius 3 is 2.61 bits per heavy atom. The van der Waals surface area contributed by atoms with Crippen molar-refractivity contribution in [1.82, 2.24) is 4.98 Å². The average Bonchev–Trinajstić information content (AvgIpc) is 2.40. The van der Waals surface area contributed by atoms with E-state index in [1.165, 1.54) is 6.20 Å². The fourth-order valence-corrected chi connectivity index (χ4v) is 1.74. The smallest absolute Gasteiger partial charge is 0.142 e. The molecule has 0 fully saturated rings. The molecule has 3 nitrogen and oxygen atoms in total. The Kier molecular flexibility index (Phi) is 3.61. The van der Waals surface area contributed by atoms with Crippen molar-refractivity contribution in [3.63, 3.8) is 0 Å². The van der Waals surface area contributed by atoms with Gasteiger partial charge in [0.1, 0.15) is 17.4 Å². The number of hydrogen-bond donors (Lipinski definition) is 1. The third-order valence-corrected chi connectivity index (χ3v) is 2.63. The first-order valence-electron chi connectivity index (χ1n) is 5.22. The van der Waals surface area contributed by atoms with E-state index < -0.39 is 0 Å². The maximum atomic E-state index is 10.1. The largest absolute Gasteiger partial charge is 0.506 e. The van der Waals surface area contributed by atoms with Gasteiger partial charge in [-0.15, -0.1) is 0 Å². The summed E-state index contributed by atoms with van der Waals surface area (Å²) in [6, 6.07) is 12.2. The van der Waals surface area contributed by atoms with Gasteiger partial charge in [0.05, 0.1) is 0 Å². The van der Waals surface area contributed by atoms with E-state index in [1.807, 2.05) is 6.07 Å². The third-order valence-electron chi connectivity index (χ3n) is 2.40. The van der Waals surface area contributed by atoms with Gasteiger partial charge in [0.2, 0.25) is 0 Å². The van der Waals surface area contributed by atoms with Crippen LogP contribution in [0.3, 0.4) is 0 Å². The summed E-state index contributed by atoms with van der Waals surface area (Å²) in [5, 5.41) is 19.8. The second-order valence-corrected chi connectivity index (χ2v) is 4.02. The Labute approximate surface area is 110 Å². The fraction of sp³-hybridized carbons (Fsp3) is 0. The van der Waals surface area contributed by atoms with Crippen molar-refractivity contribution in [2.75, 3.05) is 0 Å². The molecular weight excluding hydrogens is 248 g/mol. The number of rotatable bonds is 2. The van der Waals surface area contributed by atoms with Crippen molar-refractivity contribution in [1.29, 1.82) is 5.26 Å². The zero-order chi connectivity index (χ0) is 13.0. The SMILES string of the molecule is N#C/C(=C(\O)c1cccnc1)c1cccc(Cl)c1. The molecule has 0 saturated heterocycles. The maximum absolute atomic E-state index is 10.1. The molecule has 0 saturated carbocycles. The summed E-state index contributed by atoms with van der Waals surface area (Å²) in [7, 11) is 0. The number of nitriles is 1. The van der Waals surface area contributed by atoms with Crippen LogP contribution in [-0.2, 0) is 0 Å². The Morgan fingerprint density at radius 2 is 2.00 bits per heavy atom. The molecule has 0 aliphatic carbocycles. The first kappa shape index (κ1) is 12.2. The first-order chi connectivity index (χ1) is 8.72. The highest BCUT2D eigenvalue weighted by atomic mass is 35.5. The molecule has 0 atom stereocenters. The summed E-state index contributed by atoms with van der Waals surface area (Å²) in [6.45, 7) is 0. The molecule has 1 heterocycles. The third kappa shape index (κ3) is 2.50. The number of allylic oxidation sites excluding steroid dienone is 1. The van der Waals surface area contributed by atoms with Gasteiger partial charge >= 0.3 is 0 Å². The number of benzene rings is 1. The van der Waals surface area contributed by atoms with Crippen molar-refractivity contribution in [2.24, 2.45) is 0 Å². The van der Waals surface area contributed by atoms with Gasteiger partial charge < -0.3 is 5.11 Å². The van der Waals surface area contributed by atoms with E-state index in [0.717, 1.165) is 0 Å². The molecule has 0 aliphatic heterocycles. The van der Waals surface area contributed by atoms with Crippen LogP contribution >= 0.6 is 11.6 Å². The predicted molar refractivity (Wildman–Crippen MR) is 70.7 cm³/mol. The van der Waals surface area contributed by atoms with Crippen LogP contribution in [-0.4, -0.2) is 10.1 Å². The van der Waals surface area contributed by atoms with E-state index in [4.69, 9.17) is 11.6 Å². The van der Waals surface area contributed by atoms with Crippen LogP contribution in [0.15, 0.2) is 48.8 Å². The van der Waals surface area contributed by atoms with Gasteiger partial charge in [0.15, 0.2) is 0 Å². The number of hydrogen-bond acceptors (Lipinski definition) is 3. The number of aliphatic hydroxyl groups excluding tert-OH is 1. The minimum Gasteiger partial charge on any atom is -0.506 e. The molecule has 0 radical (unpaired) electrons. The van der Waals surface area contributed by atoms with Crippen molar-refractivity contribution in [3.05, 3.63) is 64.9 Å². The molecule has 2 aromatic rings. The van der Waals surface area contributed by atoms with Crippen LogP contribution in [0.4, 0.5) is 0 Å². The number of aliphatic hydroxyl groups is 1. The van der Waals surface area contributed by atoms with Crippen LogP contribution in [0, 0.1) is 11.3 Å². The Morgan fingerprint density at radius 1 is 1.22 bits per heavy atom. The molecule has 0 spiro atoms. The molecule has 0 amide bonds. The van der Waals surface area contributed by atoms with Gasteiger partial charge in [0, 0.05) is 23.0 Å². The standard InChI is InChI=1S/C14H9ClN2O/c15-12-5-1-3-10(7-12)13(8-16)14(18)11-4-2-6-17-9-11/h1-7,9,18H/b14-13+. The van der Waals surface area contributed by atoms with Gasteiger partial charge in [-0.3, -0.25) is 4.98 Å². The second-order valence-electron chi connectivity index (χ2n) is 3.59. The summed E-state index contributed by atoms with van der Waals surface area (Å²) in [5.74, 6) is -0.104. The Balaban J connectivity index is 2.55. The highest BCUT2D eigenvalue weighted by Crippen LogP contribution is 2.25. The maximum Gasteiger partial charge on any atom is 0.142 e. The van der Waals surface area contributed by atoms with Gasteiger partial charge in [0.25, 0.3) is 0 Å². The van der Waals surface area contributed by atoms with Crippen molar-refractivity contribution in [3.8, 4) is 6.07 Å². The van der Waals surface area contributed by atoms with E-state index in [0.29, 0.717) is 16.1 Å². The van der Waals surface area contributed by atoms with E-state index in [1.54, 1.807) is 42.6 Å². The lowest BCUT2D eigenvalue weighted by molar-refractivity contribution is 0.514. The van der Waals surface area contributed by atoms with Crippen LogP contribution in [0.2, 0.25) is 5.02 Å². The normalized spacial score (nSPS) is 11.6. The van der Waals surface area contributed by atoms with Gasteiger partial charge in [-0.2, -0.15) is 5.26 Å². The predicted octanol–water partition coefficient (Wildman–Crippen LogP) is 3.68. The van der Waals surface area contributed by atoms with E-state index >= 15 is 0 Å². The molecule has 1 aromatic carbocycles. The lowest BCUT2D eigenvalue weighted by atomic mass is 10.0. The van der Waals surface area contributed by atoms with E-state index in [9.17, 15) is 10.4 Å². The van der Waals surface area contributed by atoms with Crippen molar-refractivity contribution >= 4 is 22.9 Å². The van der Waals surface area contributed by atoms with Crippen LogP contribution in [0.25, 0.3) is 11.3 Å². The average molecular weight is 257 g/mol. The summed E-state index contributed by atoms with van der Waals surface area (Å²) in [5.41, 5.74) is 1.24. The van der Waals surface area contributed by atoms with E-state index in [2.05, 4.69) is 4.98 Å². The summed E-state index contributed by atoms with van der Waals surface area (Å²) in [4.78, 5) is 3.90. The quantitative estimate of drug-likeness (QED) is 0.659. The molecule has 4 heteroatoms. The molecule has 1 aromatic heterocycles. The second kappa shape index (κ2) is 5.35. The van der Waals surface area contributed by atoms with E-state index in [-0.39, 0.29) is 11.3 Å². The first-order valence-corrected chi connectivity index (χ1v) is 5.60. The lowest BCUT2D eigenvalue weighted by Gasteiger charge is -2.04. The molecule has 2 rings (SSSR count). The minimum absolute atomic E-state index is 0.104. The highest BCUT2D eigenvalue weighted by molar-refractivity contribution is 6.30.